The summed E-state index contributed by atoms with van der Waals surface area (Å²) in [5.74, 6) is 0.444. The van der Waals surface area contributed by atoms with Crippen molar-refractivity contribution in [3.63, 3.8) is 0 Å². The van der Waals surface area contributed by atoms with Crippen molar-refractivity contribution in [2.24, 2.45) is 13.0 Å². The van der Waals surface area contributed by atoms with Gasteiger partial charge in [0, 0.05) is 51.8 Å². The van der Waals surface area contributed by atoms with E-state index < -0.39 is 0 Å². The molecule has 3 aromatic rings. The smallest absolute Gasteiger partial charge is 0.272 e. The number of aromatic nitrogens is 2. The van der Waals surface area contributed by atoms with Gasteiger partial charge >= 0.3 is 0 Å². The normalized spacial score (nSPS) is 15.3. The molecule has 0 bridgehead atoms. The van der Waals surface area contributed by atoms with Crippen LogP contribution < -0.4 is 0 Å². The minimum absolute atomic E-state index is 0.0493. The Kier molecular flexibility index (Phi) is 7.23. The van der Waals surface area contributed by atoms with E-state index in [0.29, 0.717) is 18.0 Å². The predicted octanol–water partition coefficient (Wildman–Crippen LogP) is 3.58. The molecule has 6 heteroatoms. The van der Waals surface area contributed by atoms with Gasteiger partial charge in [0.2, 0.25) is 5.91 Å². The van der Waals surface area contributed by atoms with E-state index in [2.05, 4.69) is 17.1 Å². The molecule has 1 fully saturated rings. The number of piperidine rings is 1. The number of hydrogen-bond acceptors (Lipinski definition) is 3. The molecule has 0 saturated carbocycles. The molecule has 1 aliphatic heterocycles. The summed E-state index contributed by atoms with van der Waals surface area (Å²) in [6.07, 6.45) is 8.63. The Hall–Kier alpha value is -3.41. The number of likely N-dealkylation sites (tertiary alicyclic amines) is 1. The first kappa shape index (κ1) is 22.8. The molecule has 1 unspecified atom stereocenters. The van der Waals surface area contributed by atoms with Gasteiger partial charge in [0.1, 0.15) is 5.69 Å². The van der Waals surface area contributed by atoms with Gasteiger partial charge in [-0.15, -0.1) is 0 Å². The van der Waals surface area contributed by atoms with Crippen molar-refractivity contribution < 1.29 is 9.59 Å². The molecule has 172 valence electrons. The van der Waals surface area contributed by atoms with Gasteiger partial charge in [0.15, 0.2) is 0 Å². The number of carbonyl (C=O) groups is 2. The first-order valence-electron chi connectivity index (χ1n) is 11.6. The number of amides is 2. The van der Waals surface area contributed by atoms with Crippen LogP contribution in [0.1, 0.15) is 34.5 Å². The molecule has 3 heterocycles. The number of rotatable bonds is 7. The van der Waals surface area contributed by atoms with Crippen LogP contribution in [0, 0.1) is 5.92 Å². The fourth-order valence-electron chi connectivity index (χ4n) is 4.78. The van der Waals surface area contributed by atoms with E-state index in [0.717, 1.165) is 37.9 Å². The minimum Gasteiger partial charge on any atom is -0.357 e. The molecule has 0 radical (unpaired) electrons. The molecule has 1 aromatic carbocycles. The summed E-state index contributed by atoms with van der Waals surface area (Å²) in [7, 11) is 3.85. The van der Waals surface area contributed by atoms with Gasteiger partial charge in [0.05, 0.1) is 6.42 Å². The van der Waals surface area contributed by atoms with E-state index >= 15 is 0 Å². The van der Waals surface area contributed by atoms with Crippen molar-refractivity contribution in [2.75, 3.05) is 20.1 Å². The lowest BCUT2D eigenvalue weighted by Crippen LogP contribution is -2.48. The standard InChI is InChI=1S/C27H32N4O2/c1-29-15-11-22(20-29)19-26(32)31-16-12-23(13-17-31)25(18-21-8-4-3-5-9-21)30(2)27(33)24-10-6-7-14-28-24/h3-11,14-15,20,23,25H,12-13,16-19H2,1-2H3. The molecule has 33 heavy (non-hydrogen) atoms. The summed E-state index contributed by atoms with van der Waals surface area (Å²) >= 11 is 0. The van der Waals surface area contributed by atoms with E-state index in [1.54, 1.807) is 12.3 Å². The zero-order chi connectivity index (χ0) is 23.2. The number of carbonyl (C=O) groups excluding carboxylic acids is 2. The van der Waals surface area contributed by atoms with Gasteiger partial charge in [-0.25, -0.2) is 0 Å². The molecule has 0 N–H and O–H groups in total. The minimum atomic E-state index is -0.0564. The average molecular weight is 445 g/mol. The molecule has 0 aliphatic carbocycles. The number of hydrogen-bond donors (Lipinski definition) is 0. The van der Waals surface area contributed by atoms with Crippen molar-refractivity contribution in [3.05, 3.63) is 90.0 Å². The van der Waals surface area contributed by atoms with Crippen molar-refractivity contribution in [2.45, 2.75) is 31.7 Å². The van der Waals surface area contributed by atoms with Crippen molar-refractivity contribution >= 4 is 11.8 Å². The predicted molar refractivity (Wildman–Crippen MR) is 129 cm³/mol. The molecule has 4 rings (SSSR count). The zero-order valence-electron chi connectivity index (χ0n) is 19.4. The van der Waals surface area contributed by atoms with Gasteiger partial charge in [-0.2, -0.15) is 0 Å². The summed E-state index contributed by atoms with van der Waals surface area (Å²) in [6, 6.07) is 17.8. The first-order valence-corrected chi connectivity index (χ1v) is 11.6. The lowest BCUT2D eigenvalue weighted by atomic mass is 9.84. The number of benzene rings is 1. The van der Waals surface area contributed by atoms with Gasteiger partial charge in [-0.1, -0.05) is 36.4 Å². The Balaban J connectivity index is 1.44. The summed E-state index contributed by atoms with van der Waals surface area (Å²) in [5.41, 5.74) is 2.73. The third-order valence-electron chi connectivity index (χ3n) is 6.67. The fourth-order valence-corrected chi connectivity index (χ4v) is 4.78. The fraction of sp³-hybridized carbons (Fsp3) is 0.370. The maximum atomic E-state index is 13.2. The molecule has 1 aliphatic rings. The third kappa shape index (κ3) is 5.69. The van der Waals surface area contributed by atoms with E-state index in [4.69, 9.17) is 0 Å². The van der Waals surface area contributed by atoms with E-state index in [1.807, 2.05) is 77.3 Å². The lowest BCUT2D eigenvalue weighted by molar-refractivity contribution is -0.132. The van der Waals surface area contributed by atoms with E-state index in [1.165, 1.54) is 5.56 Å². The second-order valence-electron chi connectivity index (χ2n) is 8.97. The highest BCUT2D eigenvalue weighted by atomic mass is 16.2. The highest BCUT2D eigenvalue weighted by Crippen LogP contribution is 2.27. The number of nitrogens with zero attached hydrogens (tertiary/aromatic N) is 4. The van der Waals surface area contributed by atoms with Crippen LogP contribution in [0.15, 0.2) is 73.2 Å². The number of pyridine rings is 1. The monoisotopic (exact) mass is 444 g/mol. The maximum Gasteiger partial charge on any atom is 0.272 e. The van der Waals surface area contributed by atoms with Crippen LogP contribution >= 0.6 is 0 Å². The number of likely N-dealkylation sites (N-methyl/N-ethyl adjacent to an activating group) is 1. The second-order valence-corrected chi connectivity index (χ2v) is 8.97. The van der Waals surface area contributed by atoms with Crippen LogP contribution in [-0.4, -0.2) is 57.3 Å². The Morgan fingerprint density at radius 2 is 1.76 bits per heavy atom. The number of aryl methyl sites for hydroxylation is 1. The topological polar surface area (TPSA) is 58.4 Å². The van der Waals surface area contributed by atoms with Crippen LogP contribution in [0.25, 0.3) is 0 Å². The molecular formula is C27H32N4O2. The Morgan fingerprint density at radius 1 is 1.03 bits per heavy atom. The SMILES string of the molecule is CN(C(=O)c1ccccn1)C(Cc1ccccc1)C1CCN(C(=O)Cc2ccn(C)c2)CC1. The van der Waals surface area contributed by atoms with Gasteiger partial charge in [-0.3, -0.25) is 14.6 Å². The summed E-state index contributed by atoms with van der Waals surface area (Å²) in [4.78, 5) is 34.1. The second kappa shape index (κ2) is 10.5. The van der Waals surface area contributed by atoms with E-state index in [9.17, 15) is 9.59 Å². The first-order chi connectivity index (χ1) is 16.0. The van der Waals surface area contributed by atoms with E-state index in [-0.39, 0.29) is 17.9 Å². The summed E-state index contributed by atoms with van der Waals surface area (Å²) in [6.45, 7) is 1.46. The molecule has 1 atom stereocenters. The Bertz CT molecular complexity index is 1060. The molecular weight excluding hydrogens is 412 g/mol. The van der Waals surface area contributed by atoms with Crippen LogP contribution in [0.4, 0.5) is 0 Å². The average Bonchev–Trinajstić information content (AvgIpc) is 3.27. The van der Waals surface area contributed by atoms with Crippen LogP contribution in [0.3, 0.4) is 0 Å². The molecule has 2 aromatic heterocycles. The lowest BCUT2D eigenvalue weighted by Gasteiger charge is -2.40. The molecule has 0 spiro atoms. The quantitative estimate of drug-likeness (QED) is 0.560. The molecule has 1 saturated heterocycles. The molecule has 2 amide bonds. The third-order valence-corrected chi connectivity index (χ3v) is 6.67. The highest BCUT2D eigenvalue weighted by Gasteiger charge is 2.33. The van der Waals surface area contributed by atoms with Crippen molar-refractivity contribution in [3.8, 4) is 0 Å². The van der Waals surface area contributed by atoms with Crippen LogP contribution in [0.2, 0.25) is 0 Å². The summed E-state index contributed by atoms with van der Waals surface area (Å²) < 4.78 is 1.97. The Morgan fingerprint density at radius 3 is 2.39 bits per heavy atom. The highest BCUT2D eigenvalue weighted by molar-refractivity contribution is 5.92. The largest absolute Gasteiger partial charge is 0.357 e. The van der Waals surface area contributed by atoms with Crippen molar-refractivity contribution in [1.29, 1.82) is 0 Å². The maximum absolute atomic E-state index is 13.2. The van der Waals surface area contributed by atoms with Crippen LogP contribution in [-0.2, 0) is 24.7 Å². The Labute approximate surface area is 195 Å². The molecule has 6 nitrogen and oxygen atoms in total. The summed E-state index contributed by atoms with van der Waals surface area (Å²) in [5, 5.41) is 0. The zero-order valence-corrected chi connectivity index (χ0v) is 19.4. The van der Waals surface area contributed by atoms with Gasteiger partial charge in [0.25, 0.3) is 5.91 Å². The van der Waals surface area contributed by atoms with Crippen LogP contribution in [0.5, 0.6) is 0 Å². The van der Waals surface area contributed by atoms with Gasteiger partial charge in [-0.05, 0) is 54.5 Å². The van der Waals surface area contributed by atoms with Crippen molar-refractivity contribution in [1.82, 2.24) is 19.4 Å². The van der Waals surface area contributed by atoms with Gasteiger partial charge < -0.3 is 14.4 Å².